The molecule has 0 radical (unpaired) electrons. The number of hydrogen-bond acceptors (Lipinski definition) is 3. The Morgan fingerprint density at radius 2 is 0.938 bits per heavy atom. The van der Waals surface area contributed by atoms with E-state index in [2.05, 4.69) is 114 Å². The molecule has 3 heteroatoms. The van der Waals surface area contributed by atoms with Crippen molar-refractivity contribution < 1.29 is 0 Å². The molecule has 1 aliphatic rings. The summed E-state index contributed by atoms with van der Waals surface area (Å²) in [5, 5.41) is 0. The highest BCUT2D eigenvalue weighted by atomic mass is 32.2. The Kier molecular flexibility index (Phi) is 4.74. The van der Waals surface area contributed by atoms with E-state index in [1.54, 1.807) is 0 Å². The normalized spacial score (nSPS) is 12.2. The average Bonchev–Trinajstić information content (AvgIpc) is 2.88. The van der Waals surface area contributed by atoms with E-state index < -0.39 is 0 Å². The smallest absolute Gasteiger partial charge is 0.0730 e. The molecule has 0 unspecified atom stereocenters. The van der Waals surface area contributed by atoms with Crippen LogP contribution in [0.3, 0.4) is 0 Å². The largest absolute Gasteiger partial charge is 0.308 e. The fourth-order valence-electron chi connectivity index (χ4n) is 4.14. The van der Waals surface area contributed by atoms with Gasteiger partial charge in [-0.1, -0.05) is 96.7 Å². The standard InChI is InChI=1S/C29H20N2S/c1-3-11-21(12-4-1)24-19-23(20-25(30-24)22-13-5-2-6-14-22)31-26-15-7-9-17-28(26)32-29-18-10-8-16-27(29)31/h1-20H. The molecule has 0 fully saturated rings. The number of benzene rings is 4. The monoisotopic (exact) mass is 428 g/mol. The van der Waals surface area contributed by atoms with E-state index in [1.807, 2.05) is 23.9 Å². The van der Waals surface area contributed by atoms with E-state index in [9.17, 15) is 0 Å². The van der Waals surface area contributed by atoms with Crippen molar-refractivity contribution in [1.82, 2.24) is 4.98 Å². The molecule has 0 saturated heterocycles. The molecule has 5 aromatic rings. The van der Waals surface area contributed by atoms with Crippen LogP contribution in [-0.2, 0) is 0 Å². The third kappa shape index (κ3) is 3.37. The predicted molar refractivity (Wildman–Crippen MR) is 134 cm³/mol. The molecule has 2 heterocycles. The van der Waals surface area contributed by atoms with Crippen LogP contribution in [0, 0.1) is 0 Å². The van der Waals surface area contributed by atoms with Gasteiger partial charge in [-0.15, -0.1) is 0 Å². The summed E-state index contributed by atoms with van der Waals surface area (Å²) >= 11 is 1.82. The molecule has 1 aliphatic heterocycles. The van der Waals surface area contributed by atoms with Gasteiger partial charge in [0.2, 0.25) is 0 Å². The first-order chi connectivity index (χ1) is 15.9. The maximum atomic E-state index is 5.05. The van der Waals surface area contributed by atoms with Gasteiger partial charge in [-0.3, -0.25) is 0 Å². The minimum Gasteiger partial charge on any atom is -0.308 e. The number of rotatable bonds is 3. The third-order valence-corrected chi connectivity index (χ3v) is 6.77. The number of pyridine rings is 1. The Hall–Kier alpha value is -3.82. The fraction of sp³-hybridized carbons (Fsp3) is 0. The van der Waals surface area contributed by atoms with Gasteiger partial charge in [0.05, 0.1) is 28.5 Å². The SMILES string of the molecule is c1ccc(-c2cc(N3c4ccccc4Sc4ccccc43)cc(-c3ccccc3)n2)cc1. The Morgan fingerprint density at radius 3 is 1.44 bits per heavy atom. The van der Waals surface area contributed by atoms with E-state index in [0.717, 1.165) is 28.2 Å². The van der Waals surface area contributed by atoms with Crippen LogP contribution in [0.1, 0.15) is 0 Å². The lowest BCUT2D eigenvalue weighted by atomic mass is 10.1. The number of fused-ring (bicyclic) bond motifs is 2. The summed E-state index contributed by atoms with van der Waals surface area (Å²) in [4.78, 5) is 9.92. The Balaban J connectivity index is 1.61. The summed E-state index contributed by atoms with van der Waals surface area (Å²) < 4.78 is 0. The first-order valence-electron chi connectivity index (χ1n) is 10.7. The molecule has 0 aliphatic carbocycles. The van der Waals surface area contributed by atoms with Gasteiger partial charge in [0.25, 0.3) is 0 Å². The second-order valence-corrected chi connectivity index (χ2v) is 8.78. The Morgan fingerprint density at radius 1 is 0.500 bits per heavy atom. The van der Waals surface area contributed by atoms with Gasteiger partial charge in [0.1, 0.15) is 0 Å². The third-order valence-electron chi connectivity index (χ3n) is 5.64. The molecule has 152 valence electrons. The number of para-hydroxylation sites is 2. The van der Waals surface area contributed by atoms with Crippen LogP contribution in [-0.4, -0.2) is 4.98 Å². The summed E-state index contributed by atoms with van der Waals surface area (Å²) in [6.07, 6.45) is 0. The molecular weight excluding hydrogens is 408 g/mol. The molecular formula is C29H20N2S. The summed E-state index contributed by atoms with van der Waals surface area (Å²) in [5.74, 6) is 0. The topological polar surface area (TPSA) is 16.1 Å². The zero-order valence-electron chi connectivity index (χ0n) is 17.3. The number of nitrogens with zero attached hydrogens (tertiary/aromatic N) is 2. The number of aromatic nitrogens is 1. The van der Waals surface area contributed by atoms with E-state index in [-0.39, 0.29) is 0 Å². The van der Waals surface area contributed by atoms with Gasteiger partial charge < -0.3 is 4.90 Å². The molecule has 4 aromatic carbocycles. The molecule has 2 nitrogen and oxygen atoms in total. The molecule has 0 atom stereocenters. The highest BCUT2D eigenvalue weighted by Gasteiger charge is 2.25. The molecule has 0 saturated carbocycles. The van der Waals surface area contributed by atoms with Crippen molar-refractivity contribution in [2.75, 3.05) is 4.90 Å². The van der Waals surface area contributed by atoms with Crippen LogP contribution in [0.15, 0.2) is 131 Å². The van der Waals surface area contributed by atoms with Crippen molar-refractivity contribution >= 4 is 28.8 Å². The highest BCUT2D eigenvalue weighted by molar-refractivity contribution is 7.99. The average molecular weight is 429 g/mol. The maximum absolute atomic E-state index is 5.05. The predicted octanol–water partition coefficient (Wildman–Crippen LogP) is 8.35. The van der Waals surface area contributed by atoms with Crippen molar-refractivity contribution in [2.24, 2.45) is 0 Å². The van der Waals surface area contributed by atoms with Gasteiger partial charge in [0.15, 0.2) is 0 Å². The second kappa shape index (κ2) is 8.03. The second-order valence-electron chi connectivity index (χ2n) is 7.70. The van der Waals surface area contributed by atoms with Crippen molar-refractivity contribution in [3.8, 4) is 22.5 Å². The molecule has 6 rings (SSSR count). The Bertz CT molecular complexity index is 1290. The summed E-state index contributed by atoms with van der Waals surface area (Å²) in [6.45, 7) is 0. The molecule has 1 aromatic heterocycles. The lowest BCUT2D eigenvalue weighted by molar-refractivity contribution is 1.16. The zero-order chi connectivity index (χ0) is 21.3. The van der Waals surface area contributed by atoms with Gasteiger partial charge in [-0.2, -0.15) is 0 Å². The van der Waals surface area contributed by atoms with Crippen molar-refractivity contribution in [2.45, 2.75) is 9.79 Å². The minimum atomic E-state index is 0.968. The van der Waals surface area contributed by atoms with Crippen LogP contribution in [0.25, 0.3) is 22.5 Å². The van der Waals surface area contributed by atoms with Crippen molar-refractivity contribution in [1.29, 1.82) is 0 Å². The van der Waals surface area contributed by atoms with Gasteiger partial charge >= 0.3 is 0 Å². The lowest BCUT2D eigenvalue weighted by Crippen LogP contribution is -2.15. The number of hydrogen-bond donors (Lipinski definition) is 0. The van der Waals surface area contributed by atoms with Crippen molar-refractivity contribution in [3.05, 3.63) is 121 Å². The summed E-state index contributed by atoms with van der Waals surface area (Å²) in [7, 11) is 0. The zero-order valence-corrected chi connectivity index (χ0v) is 18.2. The number of anilines is 3. The van der Waals surface area contributed by atoms with Gasteiger partial charge in [0, 0.05) is 20.9 Å². The van der Waals surface area contributed by atoms with Gasteiger partial charge in [-0.05, 0) is 36.4 Å². The molecule has 32 heavy (non-hydrogen) atoms. The first kappa shape index (κ1) is 18.9. The van der Waals surface area contributed by atoms with E-state index >= 15 is 0 Å². The first-order valence-corrected chi connectivity index (χ1v) is 11.5. The van der Waals surface area contributed by atoms with Gasteiger partial charge in [-0.25, -0.2) is 4.98 Å². The summed E-state index contributed by atoms with van der Waals surface area (Å²) in [5.41, 5.74) is 7.66. The van der Waals surface area contributed by atoms with Crippen LogP contribution < -0.4 is 4.90 Å². The van der Waals surface area contributed by atoms with Crippen LogP contribution >= 0.6 is 11.8 Å². The maximum Gasteiger partial charge on any atom is 0.0730 e. The van der Waals surface area contributed by atoms with E-state index in [4.69, 9.17) is 4.98 Å². The molecule has 0 N–H and O–H groups in total. The Labute approximate surface area is 192 Å². The quantitative estimate of drug-likeness (QED) is 0.282. The molecule has 0 amide bonds. The van der Waals surface area contributed by atoms with Crippen LogP contribution in [0.2, 0.25) is 0 Å². The van der Waals surface area contributed by atoms with E-state index in [1.165, 1.54) is 21.2 Å². The highest BCUT2D eigenvalue weighted by Crippen LogP contribution is 2.51. The van der Waals surface area contributed by atoms with E-state index in [0.29, 0.717) is 0 Å². The lowest BCUT2D eigenvalue weighted by Gasteiger charge is -2.33. The van der Waals surface area contributed by atoms with Crippen molar-refractivity contribution in [3.63, 3.8) is 0 Å². The molecule has 0 bridgehead atoms. The minimum absolute atomic E-state index is 0.968. The fourth-order valence-corrected chi connectivity index (χ4v) is 5.20. The van der Waals surface area contributed by atoms with Crippen LogP contribution in [0.5, 0.6) is 0 Å². The molecule has 0 spiro atoms. The summed E-state index contributed by atoms with van der Waals surface area (Å²) in [6, 6.07) is 42.4. The van der Waals surface area contributed by atoms with Crippen LogP contribution in [0.4, 0.5) is 17.1 Å².